The van der Waals surface area contributed by atoms with Gasteiger partial charge in [-0.05, 0) is 60.5 Å². The Morgan fingerprint density at radius 1 is 1.12 bits per heavy atom. The van der Waals surface area contributed by atoms with Gasteiger partial charge in [-0.1, -0.05) is 12.1 Å². The molecule has 3 aromatic rings. The Kier molecular flexibility index (Phi) is 5.40. The molecular formula is C27H26N2O5. The summed E-state index contributed by atoms with van der Waals surface area (Å²) in [6.07, 6.45) is 2.31. The zero-order valence-corrected chi connectivity index (χ0v) is 19.3. The van der Waals surface area contributed by atoms with Crippen molar-refractivity contribution >= 4 is 23.1 Å². The summed E-state index contributed by atoms with van der Waals surface area (Å²) < 4.78 is 11.2. The molecule has 2 aliphatic heterocycles. The Bertz CT molecular complexity index is 1270. The zero-order chi connectivity index (χ0) is 24.0. The summed E-state index contributed by atoms with van der Waals surface area (Å²) in [5, 5.41) is 11.3. The molecule has 174 valence electrons. The van der Waals surface area contributed by atoms with E-state index in [1.165, 1.54) is 11.2 Å². The van der Waals surface area contributed by atoms with Crippen molar-refractivity contribution in [3.05, 3.63) is 88.9 Å². The van der Waals surface area contributed by atoms with Crippen LogP contribution in [0.5, 0.6) is 5.75 Å². The fourth-order valence-corrected chi connectivity index (χ4v) is 4.64. The molecular weight excluding hydrogens is 432 g/mol. The average Bonchev–Trinajstić information content (AvgIpc) is 3.53. The van der Waals surface area contributed by atoms with Gasteiger partial charge < -0.3 is 24.1 Å². The molecule has 7 heteroatoms. The number of carbonyl (C=O) groups excluding carboxylic acids is 2. The number of aliphatic hydroxyl groups excluding tert-OH is 1. The van der Waals surface area contributed by atoms with E-state index < -0.39 is 17.7 Å². The quantitative estimate of drug-likeness (QED) is 0.349. The van der Waals surface area contributed by atoms with E-state index in [0.717, 1.165) is 29.0 Å². The number of carbonyl (C=O) groups is 2. The van der Waals surface area contributed by atoms with Gasteiger partial charge in [-0.25, -0.2) is 0 Å². The van der Waals surface area contributed by atoms with Crippen molar-refractivity contribution < 1.29 is 23.8 Å². The lowest BCUT2D eigenvalue weighted by Crippen LogP contribution is -2.29. The molecule has 2 aromatic carbocycles. The third-order valence-electron chi connectivity index (χ3n) is 6.34. The lowest BCUT2D eigenvalue weighted by Gasteiger charge is -2.25. The third kappa shape index (κ3) is 3.73. The van der Waals surface area contributed by atoms with Crippen molar-refractivity contribution in [3.8, 4) is 5.75 Å². The predicted octanol–water partition coefficient (Wildman–Crippen LogP) is 4.29. The number of anilines is 1. The highest BCUT2D eigenvalue weighted by Gasteiger charge is 2.46. The number of Topliss-reactive ketones (excluding diaryl/α,β-unsaturated/α-hetero) is 1. The minimum absolute atomic E-state index is 0.0569. The van der Waals surface area contributed by atoms with Gasteiger partial charge in [0.25, 0.3) is 11.7 Å². The maximum Gasteiger partial charge on any atom is 0.296 e. The van der Waals surface area contributed by atoms with Crippen molar-refractivity contribution in [3.63, 3.8) is 0 Å². The predicted molar refractivity (Wildman–Crippen MR) is 128 cm³/mol. The van der Waals surface area contributed by atoms with E-state index >= 15 is 0 Å². The lowest BCUT2D eigenvalue weighted by atomic mass is 9.94. The van der Waals surface area contributed by atoms with Crippen LogP contribution in [0.3, 0.4) is 0 Å². The van der Waals surface area contributed by atoms with E-state index in [2.05, 4.69) is 0 Å². The van der Waals surface area contributed by atoms with E-state index in [1.807, 2.05) is 56.3 Å². The first-order valence-electron chi connectivity index (χ1n) is 11.2. The van der Waals surface area contributed by atoms with Crippen LogP contribution >= 0.6 is 0 Å². The van der Waals surface area contributed by atoms with Crippen LogP contribution in [-0.2, 0) is 22.6 Å². The number of ketones is 1. The van der Waals surface area contributed by atoms with Gasteiger partial charge >= 0.3 is 0 Å². The van der Waals surface area contributed by atoms with E-state index in [4.69, 9.17) is 9.15 Å². The second kappa shape index (κ2) is 8.41. The molecule has 5 rings (SSSR count). The van der Waals surface area contributed by atoms with Crippen LogP contribution in [0.1, 0.15) is 35.4 Å². The Labute approximate surface area is 197 Å². The van der Waals surface area contributed by atoms with Gasteiger partial charge in [0, 0.05) is 31.8 Å². The molecule has 0 radical (unpaired) electrons. The smallest absolute Gasteiger partial charge is 0.296 e. The topological polar surface area (TPSA) is 83.2 Å². The normalized spacial score (nSPS) is 21.0. The highest BCUT2D eigenvalue weighted by atomic mass is 16.5. The number of hydrogen-bond acceptors (Lipinski definition) is 6. The standard InChI is InChI=1S/C27H26N2O5/c1-16-13-19-14-18(8-11-22(19)34-16)25(30)23-24(17-6-9-20(10-7-17)28(2)3)29(27(32)26(23)31)15-21-5-4-12-33-21/h4-12,14,16,24,30H,13,15H2,1-3H3/t16-,24-/m1/s1. The van der Waals surface area contributed by atoms with Crippen LogP contribution in [0, 0.1) is 0 Å². The first-order valence-corrected chi connectivity index (χ1v) is 11.2. The molecule has 0 spiro atoms. The first-order chi connectivity index (χ1) is 16.3. The summed E-state index contributed by atoms with van der Waals surface area (Å²) in [6, 6.07) is 15.7. The summed E-state index contributed by atoms with van der Waals surface area (Å²) in [6.45, 7) is 2.10. The molecule has 0 saturated carbocycles. The van der Waals surface area contributed by atoms with Crippen LogP contribution in [-0.4, -0.2) is 41.9 Å². The monoisotopic (exact) mass is 458 g/mol. The second-order valence-corrected chi connectivity index (χ2v) is 8.95. The number of hydrogen-bond donors (Lipinski definition) is 1. The lowest BCUT2D eigenvalue weighted by molar-refractivity contribution is -0.140. The molecule has 34 heavy (non-hydrogen) atoms. The Balaban J connectivity index is 1.62. The molecule has 2 aliphatic rings. The number of benzene rings is 2. The Hall–Kier alpha value is -4.00. The van der Waals surface area contributed by atoms with E-state index in [0.29, 0.717) is 11.3 Å². The summed E-state index contributed by atoms with van der Waals surface area (Å²) in [5.74, 6) is -0.239. The van der Waals surface area contributed by atoms with Gasteiger partial charge in [0.05, 0.1) is 24.4 Å². The van der Waals surface area contributed by atoms with Gasteiger partial charge in [0.2, 0.25) is 0 Å². The minimum Gasteiger partial charge on any atom is -0.507 e. The second-order valence-electron chi connectivity index (χ2n) is 8.95. The summed E-state index contributed by atoms with van der Waals surface area (Å²) in [5.41, 5.74) is 3.24. The van der Waals surface area contributed by atoms with Crippen molar-refractivity contribution in [1.82, 2.24) is 4.90 Å². The highest BCUT2D eigenvalue weighted by Crippen LogP contribution is 2.41. The van der Waals surface area contributed by atoms with Crippen molar-refractivity contribution in [2.45, 2.75) is 32.0 Å². The number of furan rings is 1. The zero-order valence-electron chi connectivity index (χ0n) is 19.3. The molecule has 3 heterocycles. The number of rotatable bonds is 5. The van der Waals surface area contributed by atoms with Crippen molar-refractivity contribution in [2.24, 2.45) is 0 Å². The van der Waals surface area contributed by atoms with E-state index in [9.17, 15) is 14.7 Å². The molecule has 1 saturated heterocycles. The SMILES string of the molecule is C[C@@H]1Cc2cc(C(O)=C3C(=O)C(=O)N(Cc4ccco4)[C@@H]3c3ccc(N(C)C)cc3)ccc2O1. The summed E-state index contributed by atoms with van der Waals surface area (Å²) >= 11 is 0. The van der Waals surface area contributed by atoms with Crippen LogP contribution in [0.15, 0.2) is 70.9 Å². The van der Waals surface area contributed by atoms with Gasteiger partial charge in [-0.15, -0.1) is 0 Å². The molecule has 1 fully saturated rings. The number of nitrogens with zero attached hydrogens (tertiary/aromatic N) is 2. The third-order valence-corrected chi connectivity index (χ3v) is 6.34. The fourth-order valence-electron chi connectivity index (χ4n) is 4.64. The molecule has 1 aromatic heterocycles. The highest BCUT2D eigenvalue weighted by molar-refractivity contribution is 6.46. The molecule has 0 unspecified atom stereocenters. The van der Waals surface area contributed by atoms with Crippen LogP contribution in [0.25, 0.3) is 5.76 Å². The number of likely N-dealkylation sites (tertiary alicyclic amines) is 1. The molecule has 7 nitrogen and oxygen atoms in total. The molecule has 1 amide bonds. The number of fused-ring (bicyclic) bond motifs is 1. The van der Waals surface area contributed by atoms with E-state index in [-0.39, 0.29) is 24.0 Å². The summed E-state index contributed by atoms with van der Waals surface area (Å²) in [4.78, 5) is 29.8. The largest absolute Gasteiger partial charge is 0.507 e. The first kappa shape index (κ1) is 21.8. The molecule has 0 bridgehead atoms. The number of ether oxygens (including phenoxy) is 1. The molecule has 2 atom stereocenters. The van der Waals surface area contributed by atoms with Gasteiger partial charge in [0.15, 0.2) is 0 Å². The van der Waals surface area contributed by atoms with Gasteiger partial charge in [-0.3, -0.25) is 9.59 Å². The maximum atomic E-state index is 13.2. The maximum absolute atomic E-state index is 13.2. The fraction of sp³-hybridized carbons (Fsp3) is 0.259. The average molecular weight is 459 g/mol. The van der Waals surface area contributed by atoms with Gasteiger partial charge in [-0.2, -0.15) is 0 Å². The molecule has 1 N–H and O–H groups in total. The number of amides is 1. The molecule has 0 aliphatic carbocycles. The minimum atomic E-state index is -0.746. The van der Waals surface area contributed by atoms with Crippen molar-refractivity contribution in [1.29, 1.82) is 0 Å². The number of aliphatic hydroxyl groups is 1. The Morgan fingerprint density at radius 2 is 1.88 bits per heavy atom. The Morgan fingerprint density at radius 3 is 2.56 bits per heavy atom. The van der Waals surface area contributed by atoms with Crippen molar-refractivity contribution in [2.75, 3.05) is 19.0 Å². The van der Waals surface area contributed by atoms with Crippen LogP contribution in [0.4, 0.5) is 5.69 Å². The van der Waals surface area contributed by atoms with Gasteiger partial charge in [0.1, 0.15) is 23.4 Å². The van der Waals surface area contributed by atoms with E-state index in [1.54, 1.807) is 24.3 Å². The van der Waals surface area contributed by atoms with Crippen LogP contribution < -0.4 is 9.64 Å². The van der Waals surface area contributed by atoms with Crippen LogP contribution in [0.2, 0.25) is 0 Å². The summed E-state index contributed by atoms with van der Waals surface area (Å²) in [7, 11) is 3.88.